The fraction of sp³-hybridized carbons (Fsp3) is 0.250. The minimum Gasteiger partial charge on any atom is -0.496 e. The van der Waals surface area contributed by atoms with Gasteiger partial charge in [-0.15, -0.1) is 0 Å². The average molecular weight is 335 g/mol. The van der Waals surface area contributed by atoms with E-state index in [1.54, 1.807) is 7.11 Å². The predicted octanol–water partition coefficient (Wildman–Crippen LogP) is 3.51. The molecule has 1 atom stereocenters. The standard InChI is InChI=1S/C16H19BrN2O/c1-11-7-8-13(16(9-11)20-2)15(19-18)10-12-5-3-4-6-14(12)17/h3-9,15,19H,10,18H2,1-2H3. The maximum absolute atomic E-state index is 5.74. The molecule has 0 aliphatic heterocycles. The molecule has 106 valence electrons. The predicted molar refractivity (Wildman–Crippen MR) is 85.6 cm³/mol. The van der Waals surface area contributed by atoms with Crippen LogP contribution in [0.5, 0.6) is 5.75 Å². The summed E-state index contributed by atoms with van der Waals surface area (Å²) in [6.07, 6.45) is 0.789. The fourth-order valence-corrected chi connectivity index (χ4v) is 2.70. The van der Waals surface area contributed by atoms with Gasteiger partial charge in [-0.3, -0.25) is 11.3 Å². The minimum atomic E-state index is 0.00394. The number of ether oxygens (including phenoxy) is 1. The van der Waals surface area contributed by atoms with E-state index in [1.807, 2.05) is 31.2 Å². The number of aryl methyl sites for hydroxylation is 1. The highest BCUT2D eigenvalue weighted by atomic mass is 79.9. The average Bonchev–Trinajstić information content (AvgIpc) is 2.46. The summed E-state index contributed by atoms with van der Waals surface area (Å²) in [7, 11) is 1.68. The van der Waals surface area contributed by atoms with E-state index in [0.29, 0.717) is 0 Å². The van der Waals surface area contributed by atoms with Gasteiger partial charge in [-0.2, -0.15) is 0 Å². The Hall–Kier alpha value is -1.36. The normalized spacial score (nSPS) is 12.2. The number of hydrazine groups is 1. The molecule has 0 aliphatic rings. The Kier molecular flexibility index (Phi) is 5.17. The number of hydrogen-bond donors (Lipinski definition) is 2. The van der Waals surface area contributed by atoms with Crippen LogP contribution < -0.4 is 16.0 Å². The van der Waals surface area contributed by atoms with Crippen molar-refractivity contribution in [1.82, 2.24) is 5.43 Å². The zero-order chi connectivity index (χ0) is 14.5. The first kappa shape index (κ1) is 15.0. The second-order valence-corrected chi connectivity index (χ2v) is 5.61. The summed E-state index contributed by atoms with van der Waals surface area (Å²) in [5, 5.41) is 0. The Morgan fingerprint density at radius 2 is 2.00 bits per heavy atom. The van der Waals surface area contributed by atoms with Crippen molar-refractivity contribution in [2.45, 2.75) is 19.4 Å². The SMILES string of the molecule is COc1cc(C)ccc1C(Cc1ccccc1Br)NN. The van der Waals surface area contributed by atoms with Crippen LogP contribution >= 0.6 is 15.9 Å². The zero-order valence-corrected chi connectivity index (χ0v) is 13.3. The summed E-state index contributed by atoms with van der Waals surface area (Å²) in [4.78, 5) is 0. The maximum atomic E-state index is 5.74. The van der Waals surface area contributed by atoms with E-state index in [1.165, 1.54) is 11.1 Å². The molecular weight excluding hydrogens is 316 g/mol. The molecule has 0 amide bonds. The first-order chi connectivity index (χ1) is 9.65. The lowest BCUT2D eigenvalue weighted by Crippen LogP contribution is -2.30. The second-order valence-electron chi connectivity index (χ2n) is 4.76. The third-order valence-corrected chi connectivity index (χ3v) is 4.12. The smallest absolute Gasteiger partial charge is 0.123 e. The fourth-order valence-electron chi connectivity index (χ4n) is 2.25. The molecule has 0 spiro atoms. The van der Waals surface area contributed by atoms with Crippen LogP contribution in [0.25, 0.3) is 0 Å². The minimum absolute atomic E-state index is 0.00394. The van der Waals surface area contributed by atoms with Gasteiger partial charge in [-0.1, -0.05) is 46.3 Å². The summed E-state index contributed by atoms with van der Waals surface area (Å²) in [5.41, 5.74) is 6.33. The van der Waals surface area contributed by atoms with Crippen molar-refractivity contribution in [2.24, 2.45) is 5.84 Å². The summed E-state index contributed by atoms with van der Waals surface area (Å²) in [6, 6.07) is 14.3. The Labute approximate surface area is 128 Å². The van der Waals surface area contributed by atoms with Gasteiger partial charge < -0.3 is 4.74 Å². The van der Waals surface area contributed by atoms with Crippen LogP contribution in [0.3, 0.4) is 0 Å². The Morgan fingerprint density at radius 3 is 2.65 bits per heavy atom. The molecule has 3 N–H and O–H groups in total. The number of nitrogens with one attached hydrogen (secondary N) is 1. The highest BCUT2D eigenvalue weighted by Crippen LogP contribution is 2.30. The zero-order valence-electron chi connectivity index (χ0n) is 11.7. The number of nitrogens with two attached hydrogens (primary N) is 1. The van der Waals surface area contributed by atoms with Gasteiger partial charge in [0, 0.05) is 10.0 Å². The van der Waals surface area contributed by atoms with Crippen LogP contribution in [0, 0.1) is 6.92 Å². The van der Waals surface area contributed by atoms with Crippen molar-refractivity contribution in [2.75, 3.05) is 7.11 Å². The second kappa shape index (κ2) is 6.88. The van der Waals surface area contributed by atoms with Gasteiger partial charge in [0.25, 0.3) is 0 Å². The van der Waals surface area contributed by atoms with Crippen LogP contribution in [-0.2, 0) is 6.42 Å². The van der Waals surface area contributed by atoms with Gasteiger partial charge in [0.2, 0.25) is 0 Å². The summed E-state index contributed by atoms with van der Waals surface area (Å²) in [5.74, 6) is 6.60. The number of benzene rings is 2. The van der Waals surface area contributed by atoms with Crippen LogP contribution in [0.4, 0.5) is 0 Å². The molecule has 0 bridgehead atoms. The van der Waals surface area contributed by atoms with Crippen molar-refractivity contribution in [3.05, 3.63) is 63.6 Å². The van der Waals surface area contributed by atoms with Crippen LogP contribution in [0.2, 0.25) is 0 Å². The molecule has 0 saturated heterocycles. The van der Waals surface area contributed by atoms with Crippen molar-refractivity contribution in [1.29, 1.82) is 0 Å². The molecule has 1 unspecified atom stereocenters. The van der Waals surface area contributed by atoms with Crippen molar-refractivity contribution in [3.63, 3.8) is 0 Å². The van der Waals surface area contributed by atoms with E-state index in [2.05, 4.69) is 39.6 Å². The number of methoxy groups -OCH3 is 1. The van der Waals surface area contributed by atoms with Gasteiger partial charge in [0.15, 0.2) is 0 Å². The van der Waals surface area contributed by atoms with Gasteiger partial charge >= 0.3 is 0 Å². The molecule has 20 heavy (non-hydrogen) atoms. The highest BCUT2D eigenvalue weighted by molar-refractivity contribution is 9.10. The Bertz CT molecular complexity index is 586. The van der Waals surface area contributed by atoms with Crippen LogP contribution in [0.15, 0.2) is 46.9 Å². The molecule has 0 saturated carbocycles. The highest BCUT2D eigenvalue weighted by Gasteiger charge is 2.16. The van der Waals surface area contributed by atoms with E-state index < -0.39 is 0 Å². The van der Waals surface area contributed by atoms with E-state index in [9.17, 15) is 0 Å². The van der Waals surface area contributed by atoms with Gasteiger partial charge in [0.1, 0.15) is 5.75 Å². The molecule has 2 aromatic rings. The molecule has 4 heteroatoms. The molecule has 0 aromatic heterocycles. The third kappa shape index (κ3) is 3.39. The molecule has 3 nitrogen and oxygen atoms in total. The first-order valence-electron chi connectivity index (χ1n) is 6.49. The summed E-state index contributed by atoms with van der Waals surface area (Å²) < 4.78 is 6.56. The third-order valence-electron chi connectivity index (χ3n) is 3.35. The van der Waals surface area contributed by atoms with Gasteiger partial charge in [-0.25, -0.2) is 0 Å². The largest absolute Gasteiger partial charge is 0.496 e. The van der Waals surface area contributed by atoms with Crippen LogP contribution in [0.1, 0.15) is 22.7 Å². The quantitative estimate of drug-likeness (QED) is 0.649. The topological polar surface area (TPSA) is 47.3 Å². The molecule has 0 aliphatic carbocycles. The lowest BCUT2D eigenvalue weighted by molar-refractivity contribution is 0.398. The Balaban J connectivity index is 2.31. The van der Waals surface area contributed by atoms with Crippen molar-refractivity contribution >= 4 is 15.9 Å². The molecule has 0 radical (unpaired) electrons. The van der Waals surface area contributed by atoms with E-state index >= 15 is 0 Å². The maximum Gasteiger partial charge on any atom is 0.123 e. The Morgan fingerprint density at radius 1 is 1.25 bits per heavy atom. The molecule has 2 aromatic carbocycles. The van der Waals surface area contributed by atoms with Crippen LogP contribution in [-0.4, -0.2) is 7.11 Å². The molecule has 2 rings (SSSR count). The monoisotopic (exact) mass is 334 g/mol. The molecular formula is C16H19BrN2O. The number of hydrogen-bond acceptors (Lipinski definition) is 3. The van der Waals surface area contributed by atoms with E-state index in [0.717, 1.165) is 22.2 Å². The number of halogens is 1. The van der Waals surface area contributed by atoms with Crippen molar-refractivity contribution < 1.29 is 4.74 Å². The van der Waals surface area contributed by atoms with Gasteiger partial charge in [0.05, 0.1) is 13.2 Å². The first-order valence-corrected chi connectivity index (χ1v) is 7.29. The van der Waals surface area contributed by atoms with Gasteiger partial charge in [-0.05, 0) is 36.6 Å². The lowest BCUT2D eigenvalue weighted by atomic mass is 9.97. The summed E-state index contributed by atoms with van der Waals surface area (Å²) in [6.45, 7) is 2.05. The van der Waals surface area contributed by atoms with Crippen molar-refractivity contribution in [3.8, 4) is 5.75 Å². The van der Waals surface area contributed by atoms with E-state index in [-0.39, 0.29) is 6.04 Å². The van der Waals surface area contributed by atoms with E-state index in [4.69, 9.17) is 10.6 Å². The lowest BCUT2D eigenvalue weighted by Gasteiger charge is -2.20. The number of rotatable bonds is 5. The summed E-state index contributed by atoms with van der Waals surface area (Å²) >= 11 is 3.57. The molecule has 0 heterocycles. The molecule has 0 fully saturated rings.